The molecule has 1 aliphatic heterocycles. The van der Waals surface area contributed by atoms with E-state index in [9.17, 15) is 0 Å². The van der Waals surface area contributed by atoms with E-state index in [4.69, 9.17) is 4.99 Å². The Morgan fingerprint density at radius 1 is 1.17 bits per heavy atom. The minimum atomic E-state index is 0.607. The van der Waals surface area contributed by atoms with E-state index < -0.39 is 0 Å². The monoisotopic (exact) mass is 314 g/mol. The van der Waals surface area contributed by atoms with E-state index in [0.29, 0.717) is 6.04 Å². The molecule has 23 heavy (non-hydrogen) atoms. The molecular weight excluding hydrogens is 284 g/mol. The zero-order valence-corrected chi connectivity index (χ0v) is 14.5. The second-order valence-corrected chi connectivity index (χ2v) is 6.96. The van der Waals surface area contributed by atoms with E-state index in [1.165, 1.54) is 43.5 Å². The van der Waals surface area contributed by atoms with E-state index in [2.05, 4.69) is 53.6 Å². The first kappa shape index (κ1) is 16.3. The molecule has 1 saturated carbocycles. The van der Waals surface area contributed by atoms with Crippen LogP contribution in [-0.4, -0.2) is 36.5 Å². The van der Waals surface area contributed by atoms with Gasteiger partial charge in [0.2, 0.25) is 0 Å². The van der Waals surface area contributed by atoms with Crippen molar-refractivity contribution in [1.82, 2.24) is 15.5 Å². The van der Waals surface area contributed by atoms with Crippen molar-refractivity contribution in [3.8, 4) is 0 Å². The molecule has 0 bridgehead atoms. The van der Waals surface area contributed by atoms with Gasteiger partial charge in [0.25, 0.3) is 0 Å². The van der Waals surface area contributed by atoms with Gasteiger partial charge in [-0.15, -0.1) is 0 Å². The highest BCUT2D eigenvalue weighted by molar-refractivity contribution is 5.80. The summed E-state index contributed by atoms with van der Waals surface area (Å²) in [6.07, 6.45) is 3.97. The van der Waals surface area contributed by atoms with Gasteiger partial charge in [-0.25, -0.2) is 4.99 Å². The first-order chi connectivity index (χ1) is 11.2. The van der Waals surface area contributed by atoms with E-state index in [0.717, 1.165) is 31.5 Å². The summed E-state index contributed by atoms with van der Waals surface area (Å²) < 4.78 is 0. The third kappa shape index (κ3) is 4.96. The van der Waals surface area contributed by atoms with Gasteiger partial charge in [0.15, 0.2) is 5.96 Å². The fourth-order valence-corrected chi connectivity index (χ4v) is 3.14. The fraction of sp³-hybridized carbons (Fsp3) is 0.632. The first-order valence-corrected chi connectivity index (χ1v) is 9.09. The molecule has 2 N–H and O–H groups in total. The summed E-state index contributed by atoms with van der Waals surface area (Å²) >= 11 is 0. The smallest absolute Gasteiger partial charge is 0.191 e. The Morgan fingerprint density at radius 3 is 2.43 bits per heavy atom. The highest BCUT2D eigenvalue weighted by Crippen LogP contribution is 2.28. The number of rotatable bonds is 6. The Morgan fingerprint density at radius 2 is 1.83 bits per heavy atom. The molecule has 0 amide bonds. The number of guanidine groups is 1. The van der Waals surface area contributed by atoms with Gasteiger partial charge in [-0.3, -0.25) is 4.90 Å². The number of nitrogens with zero attached hydrogens (tertiary/aromatic N) is 2. The third-order valence-electron chi connectivity index (χ3n) is 4.82. The molecule has 3 rings (SSSR count). The van der Waals surface area contributed by atoms with Crippen LogP contribution in [0.15, 0.2) is 29.3 Å². The molecule has 1 aromatic rings. The molecule has 0 aromatic heterocycles. The zero-order valence-electron chi connectivity index (χ0n) is 14.5. The lowest BCUT2D eigenvalue weighted by Gasteiger charge is -2.14. The van der Waals surface area contributed by atoms with Crippen LogP contribution in [0.1, 0.15) is 44.2 Å². The molecule has 2 unspecified atom stereocenters. The van der Waals surface area contributed by atoms with Crippen LogP contribution in [0.4, 0.5) is 0 Å². The number of aliphatic imine (C=N–C) groups is 1. The highest BCUT2D eigenvalue weighted by atomic mass is 15.2. The van der Waals surface area contributed by atoms with Crippen LogP contribution in [-0.2, 0) is 13.1 Å². The van der Waals surface area contributed by atoms with Gasteiger partial charge in [0, 0.05) is 19.1 Å². The molecule has 2 fully saturated rings. The number of likely N-dealkylation sites (tertiary alicyclic amines) is 1. The average molecular weight is 314 g/mol. The summed E-state index contributed by atoms with van der Waals surface area (Å²) in [4.78, 5) is 7.25. The van der Waals surface area contributed by atoms with Gasteiger partial charge in [-0.05, 0) is 56.3 Å². The molecule has 2 aliphatic rings. The molecule has 1 aromatic carbocycles. The van der Waals surface area contributed by atoms with Crippen LogP contribution >= 0.6 is 0 Å². The second-order valence-electron chi connectivity index (χ2n) is 6.96. The maximum Gasteiger partial charge on any atom is 0.191 e. The normalized spacial score (nSPS) is 24.7. The zero-order chi connectivity index (χ0) is 16.1. The van der Waals surface area contributed by atoms with Gasteiger partial charge >= 0.3 is 0 Å². The van der Waals surface area contributed by atoms with Crippen LogP contribution in [0.2, 0.25) is 0 Å². The molecule has 1 aliphatic carbocycles. The van der Waals surface area contributed by atoms with Crippen molar-refractivity contribution in [3.05, 3.63) is 35.4 Å². The lowest BCUT2D eigenvalue weighted by atomic mass is 10.1. The molecular formula is C19H30N4. The Hall–Kier alpha value is -1.55. The van der Waals surface area contributed by atoms with Gasteiger partial charge < -0.3 is 10.6 Å². The van der Waals surface area contributed by atoms with Crippen LogP contribution in [0, 0.1) is 5.92 Å². The summed E-state index contributed by atoms with van der Waals surface area (Å²) in [5, 5.41) is 6.84. The molecule has 2 atom stereocenters. The number of benzene rings is 1. The maximum atomic E-state index is 4.72. The number of nitrogens with one attached hydrogen (secondary N) is 2. The van der Waals surface area contributed by atoms with Crippen LogP contribution in [0.3, 0.4) is 0 Å². The standard InChI is InChI=1S/C19H30N4/c1-3-20-19(22-18-12-15(18)2)21-13-16-6-8-17(9-7-16)14-23-10-4-5-11-23/h6-9,15,18H,3-5,10-14H2,1-2H3,(H2,20,21,22). The molecule has 0 radical (unpaired) electrons. The highest BCUT2D eigenvalue weighted by Gasteiger charge is 2.33. The summed E-state index contributed by atoms with van der Waals surface area (Å²) in [5.41, 5.74) is 2.69. The maximum absolute atomic E-state index is 4.72. The van der Waals surface area contributed by atoms with Crippen LogP contribution < -0.4 is 10.6 Å². The van der Waals surface area contributed by atoms with Crippen molar-refractivity contribution in [2.24, 2.45) is 10.9 Å². The third-order valence-corrected chi connectivity index (χ3v) is 4.82. The molecule has 4 nitrogen and oxygen atoms in total. The predicted octanol–water partition coefficient (Wildman–Crippen LogP) is 2.75. The van der Waals surface area contributed by atoms with Crippen molar-refractivity contribution in [2.75, 3.05) is 19.6 Å². The largest absolute Gasteiger partial charge is 0.357 e. The minimum absolute atomic E-state index is 0.607. The quantitative estimate of drug-likeness (QED) is 0.626. The summed E-state index contributed by atoms with van der Waals surface area (Å²) in [5.74, 6) is 1.73. The molecule has 1 saturated heterocycles. The van der Waals surface area contributed by atoms with Crippen molar-refractivity contribution in [3.63, 3.8) is 0 Å². The minimum Gasteiger partial charge on any atom is -0.357 e. The van der Waals surface area contributed by atoms with Crippen molar-refractivity contribution in [2.45, 2.75) is 52.2 Å². The lowest BCUT2D eigenvalue weighted by molar-refractivity contribution is 0.331. The summed E-state index contributed by atoms with van der Waals surface area (Å²) in [7, 11) is 0. The lowest BCUT2D eigenvalue weighted by Crippen LogP contribution is -2.39. The molecule has 126 valence electrons. The van der Waals surface area contributed by atoms with Gasteiger partial charge in [-0.1, -0.05) is 31.2 Å². The predicted molar refractivity (Wildman–Crippen MR) is 96.5 cm³/mol. The number of hydrogen-bond acceptors (Lipinski definition) is 2. The van der Waals surface area contributed by atoms with Crippen molar-refractivity contribution < 1.29 is 0 Å². The van der Waals surface area contributed by atoms with E-state index in [1.54, 1.807) is 0 Å². The van der Waals surface area contributed by atoms with Crippen LogP contribution in [0.5, 0.6) is 0 Å². The van der Waals surface area contributed by atoms with E-state index in [-0.39, 0.29) is 0 Å². The van der Waals surface area contributed by atoms with Crippen molar-refractivity contribution in [1.29, 1.82) is 0 Å². The molecule has 1 heterocycles. The summed E-state index contributed by atoms with van der Waals surface area (Å²) in [6, 6.07) is 9.56. The first-order valence-electron chi connectivity index (χ1n) is 9.09. The fourth-order valence-electron chi connectivity index (χ4n) is 3.14. The second kappa shape index (κ2) is 7.82. The summed E-state index contributed by atoms with van der Waals surface area (Å²) in [6.45, 7) is 9.63. The molecule has 0 spiro atoms. The van der Waals surface area contributed by atoms with E-state index >= 15 is 0 Å². The Labute approximate surface area is 140 Å². The van der Waals surface area contributed by atoms with Gasteiger partial charge in [0.1, 0.15) is 0 Å². The Kier molecular flexibility index (Phi) is 5.55. The van der Waals surface area contributed by atoms with E-state index in [1.807, 2.05) is 0 Å². The van der Waals surface area contributed by atoms with Gasteiger partial charge in [-0.2, -0.15) is 0 Å². The Bertz CT molecular complexity index is 517. The molecule has 4 heteroatoms. The van der Waals surface area contributed by atoms with Crippen LogP contribution in [0.25, 0.3) is 0 Å². The van der Waals surface area contributed by atoms with Gasteiger partial charge in [0.05, 0.1) is 6.54 Å². The van der Waals surface area contributed by atoms with Crippen molar-refractivity contribution >= 4 is 5.96 Å². The average Bonchev–Trinajstić information content (AvgIpc) is 3.01. The number of hydrogen-bond donors (Lipinski definition) is 2. The Balaban J connectivity index is 1.52. The topological polar surface area (TPSA) is 39.7 Å². The SMILES string of the molecule is CCNC(=NCc1ccc(CN2CCCC2)cc1)NC1CC1C.